The number of amides is 3. The van der Waals surface area contributed by atoms with Crippen molar-refractivity contribution in [1.82, 2.24) is 15.1 Å². The fourth-order valence-corrected chi connectivity index (χ4v) is 3.01. The number of imide groups is 1. The van der Waals surface area contributed by atoms with Crippen LogP contribution in [0.2, 0.25) is 0 Å². The first kappa shape index (κ1) is 18.1. The average molecular weight is 331 g/mol. The van der Waals surface area contributed by atoms with Gasteiger partial charge in [0, 0.05) is 25.9 Å². The lowest BCUT2D eigenvalue weighted by molar-refractivity contribution is -0.139. The van der Waals surface area contributed by atoms with Gasteiger partial charge in [-0.05, 0) is 18.7 Å². The van der Waals surface area contributed by atoms with Gasteiger partial charge in [0.2, 0.25) is 17.7 Å². The van der Waals surface area contributed by atoms with Crippen LogP contribution in [-0.2, 0) is 14.4 Å². The van der Waals surface area contributed by atoms with E-state index in [0.717, 1.165) is 18.7 Å². The number of carbonyl (C=O) groups excluding carboxylic acids is 3. The summed E-state index contributed by atoms with van der Waals surface area (Å²) in [6, 6.07) is 9.27. The third-order valence-electron chi connectivity index (χ3n) is 4.33. The van der Waals surface area contributed by atoms with Crippen molar-refractivity contribution in [2.24, 2.45) is 0 Å². The van der Waals surface area contributed by atoms with Gasteiger partial charge in [-0.3, -0.25) is 24.2 Å². The molecule has 1 heterocycles. The Labute approximate surface area is 142 Å². The molecular weight excluding hydrogens is 306 g/mol. The van der Waals surface area contributed by atoms with E-state index >= 15 is 0 Å². The molecule has 1 unspecified atom stereocenters. The highest BCUT2D eigenvalue weighted by Crippen LogP contribution is 2.20. The molecule has 6 heteroatoms. The predicted molar refractivity (Wildman–Crippen MR) is 91.1 cm³/mol. The average Bonchev–Trinajstić information content (AvgIpc) is 2.92. The molecule has 1 aliphatic heterocycles. The molecule has 24 heavy (non-hydrogen) atoms. The maximum Gasteiger partial charge on any atom is 0.242 e. The Morgan fingerprint density at radius 3 is 2.25 bits per heavy atom. The number of nitrogens with one attached hydrogen (secondary N) is 1. The lowest BCUT2D eigenvalue weighted by Gasteiger charge is -2.29. The van der Waals surface area contributed by atoms with Gasteiger partial charge in [-0.15, -0.1) is 0 Å². The summed E-state index contributed by atoms with van der Waals surface area (Å²) in [6.45, 7) is 6.08. The number of hydrogen-bond donors (Lipinski definition) is 1. The first-order valence-electron chi connectivity index (χ1n) is 8.48. The van der Waals surface area contributed by atoms with E-state index in [-0.39, 0.29) is 49.7 Å². The van der Waals surface area contributed by atoms with Gasteiger partial charge in [-0.1, -0.05) is 44.2 Å². The number of likely N-dealkylation sites (tertiary alicyclic amines) is 1. The summed E-state index contributed by atoms with van der Waals surface area (Å²) in [7, 11) is 0. The van der Waals surface area contributed by atoms with Crippen molar-refractivity contribution in [2.75, 3.05) is 26.2 Å². The largest absolute Gasteiger partial charge is 0.353 e. The van der Waals surface area contributed by atoms with Gasteiger partial charge < -0.3 is 5.32 Å². The summed E-state index contributed by atoms with van der Waals surface area (Å²) >= 11 is 0. The Morgan fingerprint density at radius 1 is 1.12 bits per heavy atom. The van der Waals surface area contributed by atoms with E-state index in [1.54, 1.807) is 0 Å². The molecule has 130 valence electrons. The van der Waals surface area contributed by atoms with Crippen LogP contribution < -0.4 is 5.32 Å². The SMILES string of the molecule is CCN(CC)C(C(=O)NCCN1C(=O)CCC1=O)c1ccccc1. The molecule has 0 aromatic heterocycles. The minimum absolute atomic E-state index is 0.107. The van der Waals surface area contributed by atoms with E-state index in [0.29, 0.717) is 0 Å². The van der Waals surface area contributed by atoms with Crippen molar-refractivity contribution >= 4 is 17.7 Å². The van der Waals surface area contributed by atoms with Crippen LogP contribution in [0.15, 0.2) is 30.3 Å². The highest BCUT2D eigenvalue weighted by molar-refractivity contribution is 6.01. The van der Waals surface area contributed by atoms with Crippen LogP contribution in [0.1, 0.15) is 38.3 Å². The maximum absolute atomic E-state index is 12.7. The standard InChI is InChI=1S/C18H25N3O3/c1-3-20(4-2)17(14-8-6-5-7-9-14)18(24)19-12-13-21-15(22)10-11-16(21)23/h5-9,17H,3-4,10-13H2,1-2H3,(H,19,24). The number of rotatable bonds is 8. The van der Waals surface area contributed by atoms with E-state index in [1.807, 2.05) is 44.2 Å². The molecule has 1 aromatic rings. The van der Waals surface area contributed by atoms with Crippen molar-refractivity contribution < 1.29 is 14.4 Å². The Balaban J connectivity index is 2.00. The van der Waals surface area contributed by atoms with Gasteiger partial charge in [0.25, 0.3) is 0 Å². The molecule has 1 aromatic carbocycles. The van der Waals surface area contributed by atoms with Gasteiger partial charge in [-0.2, -0.15) is 0 Å². The predicted octanol–water partition coefficient (Wildman–Crippen LogP) is 1.33. The van der Waals surface area contributed by atoms with E-state index in [4.69, 9.17) is 0 Å². The number of hydrogen-bond acceptors (Lipinski definition) is 4. The smallest absolute Gasteiger partial charge is 0.242 e. The second-order valence-electron chi connectivity index (χ2n) is 5.76. The van der Waals surface area contributed by atoms with Crippen LogP contribution >= 0.6 is 0 Å². The Morgan fingerprint density at radius 2 is 1.71 bits per heavy atom. The van der Waals surface area contributed by atoms with Crippen molar-refractivity contribution in [3.8, 4) is 0 Å². The lowest BCUT2D eigenvalue weighted by Crippen LogP contribution is -2.43. The molecule has 0 bridgehead atoms. The van der Waals surface area contributed by atoms with Crippen LogP contribution in [0, 0.1) is 0 Å². The monoisotopic (exact) mass is 331 g/mol. The number of nitrogens with zero attached hydrogens (tertiary/aromatic N) is 2. The quantitative estimate of drug-likeness (QED) is 0.730. The lowest BCUT2D eigenvalue weighted by atomic mass is 10.0. The minimum atomic E-state index is -0.369. The minimum Gasteiger partial charge on any atom is -0.353 e. The highest BCUT2D eigenvalue weighted by Gasteiger charge is 2.29. The van der Waals surface area contributed by atoms with E-state index in [2.05, 4.69) is 10.2 Å². The van der Waals surface area contributed by atoms with Gasteiger partial charge in [-0.25, -0.2) is 0 Å². The molecule has 0 aliphatic carbocycles. The van der Waals surface area contributed by atoms with E-state index < -0.39 is 0 Å². The van der Waals surface area contributed by atoms with Crippen LogP contribution in [-0.4, -0.2) is 53.7 Å². The number of likely N-dealkylation sites (N-methyl/N-ethyl adjacent to an activating group) is 1. The van der Waals surface area contributed by atoms with Gasteiger partial charge in [0.15, 0.2) is 0 Å². The molecule has 1 fully saturated rings. The van der Waals surface area contributed by atoms with Gasteiger partial charge >= 0.3 is 0 Å². The van der Waals surface area contributed by atoms with Crippen LogP contribution in [0.25, 0.3) is 0 Å². The first-order valence-corrected chi connectivity index (χ1v) is 8.48. The zero-order valence-corrected chi connectivity index (χ0v) is 14.3. The molecule has 0 spiro atoms. The summed E-state index contributed by atoms with van der Waals surface area (Å²) in [5.74, 6) is -0.417. The van der Waals surface area contributed by atoms with Crippen LogP contribution in [0.4, 0.5) is 0 Å². The Kier molecular flexibility index (Phi) is 6.49. The highest BCUT2D eigenvalue weighted by atomic mass is 16.2. The van der Waals surface area contributed by atoms with Gasteiger partial charge in [0.05, 0.1) is 0 Å². The molecule has 1 N–H and O–H groups in total. The molecule has 6 nitrogen and oxygen atoms in total. The zero-order valence-electron chi connectivity index (χ0n) is 14.3. The molecule has 1 aliphatic rings. The number of benzene rings is 1. The first-order chi connectivity index (χ1) is 11.6. The molecule has 0 radical (unpaired) electrons. The molecule has 3 amide bonds. The topological polar surface area (TPSA) is 69.7 Å². The third kappa shape index (κ3) is 4.20. The van der Waals surface area contributed by atoms with Crippen molar-refractivity contribution in [1.29, 1.82) is 0 Å². The summed E-state index contributed by atoms with van der Waals surface area (Å²) in [5, 5.41) is 2.87. The Hall–Kier alpha value is -2.21. The van der Waals surface area contributed by atoms with E-state index in [1.165, 1.54) is 4.90 Å². The zero-order chi connectivity index (χ0) is 17.5. The summed E-state index contributed by atoms with van der Waals surface area (Å²) in [5.41, 5.74) is 0.937. The molecule has 2 rings (SSSR count). The molecule has 1 atom stereocenters. The number of carbonyl (C=O) groups is 3. The third-order valence-corrected chi connectivity index (χ3v) is 4.33. The molecule has 1 saturated heterocycles. The summed E-state index contributed by atoms with van der Waals surface area (Å²) in [4.78, 5) is 39.2. The normalized spacial score (nSPS) is 15.9. The molecular formula is C18H25N3O3. The second kappa shape index (κ2) is 8.59. The van der Waals surface area contributed by atoms with Crippen molar-refractivity contribution in [2.45, 2.75) is 32.7 Å². The molecule has 0 saturated carbocycles. The van der Waals surface area contributed by atoms with Crippen LogP contribution in [0.3, 0.4) is 0 Å². The van der Waals surface area contributed by atoms with E-state index in [9.17, 15) is 14.4 Å². The maximum atomic E-state index is 12.7. The van der Waals surface area contributed by atoms with Crippen LogP contribution in [0.5, 0.6) is 0 Å². The van der Waals surface area contributed by atoms with Gasteiger partial charge in [0.1, 0.15) is 6.04 Å². The summed E-state index contributed by atoms with van der Waals surface area (Å²) < 4.78 is 0. The van der Waals surface area contributed by atoms with Crippen molar-refractivity contribution in [3.05, 3.63) is 35.9 Å². The fourth-order valence-electron chi connectivity index (χ4n) is 3.01. The second-order valence-corrected chi connectivity index (χ2v) is 5.76. The summed E-state index contributed by atoms with van der Waals surface area (Å²) in [6.07, 6.45) is 0.553. The fraction of sp³-hybridized carbons (Fsp3) is 0.500. The van der Waals surface area contributed by atoms with Crippen molar-refractivity contribution in [3.63, 3.8) is 0 Å². The Bertz CT molecular complexity index is 568.